The van der Waals surface area contributed by atoms with Gasteiger partial charge in [0, 0.05) is 12.8 Å². The molecule has 0 fully saturated rings. The minimum atomic E-state index is -4.63. The van der Waals surface area contributed by atoms with Crippen LogP contribution in [0.5, 0.6) is 0 Å². The number of hydrogen-bond acceptors (Lipinski definition) is 8. The largest absolute Gasteiger partial charge is 0.756 e. The number of esters is 2. The van der Waals surface area contributed by atoms with Gasteiger partial charge in [-0.3, -0.25) is 14.2 Å². The Labute approximate surface area is 370 Å². The number of carbonyl (C=O) groups is 2. The molecule has 0 aliphatic rings. The number of ether oxygens (including phenoxy) is 2. The van der Waals surface area contributed by atoms with Gasteiger partial charge in [0.25, 0.3) is 7.82 Å². The van der Waals surface area contributed by atoms with E-state index < -0.39 is 32.5 Å². The number of phosphoric ester groups is 1. The fourth-order valence-electron chi connectivity index (χ4n) is 7.04. The third-order valence-electron chi connectivity index (χ3n) is 11.0. The van der Waals surface area contributed by atoms with Gasteiger partial charge in [0.15, 0.2) is 6.10 Å². The zero-order valence-corrected chi connectivity index (χ0v) is 40.8. The second-order valence-corrected chi connectivity index (χ2v) is 19.6. The maximum Gasteiger partial charge on any atom is 0.306 e. The van der Waals surface area contributed by atoms with Gasteiger partial charge in [0.1, 0.15) is 19.8 Å². The molecule has 0 saturated carbocycles. The predicted octanol–water partition coefficient (Wildman–Crippen LogP) is 14.1. The first-order chi connectivity index (χ1) is 29.0. The van der Waals surface area contributed by atoms with E-state index >= 15 is 0 Å². The van der Waals surface area contributed by atoms with Gasteiger partial charge in [-0.05, 0) is 44.9 Å². The Bertz CT molecular complexity index is 1070. The third kappa shape index (κ3) is 46.0. The van der Waals surface area contributed by atoms with E-state index in [1.165, 1.54) is 154 Å². The Kier molecular flexibility index (Phi) is 41.7. The minimum Gasteiger partial charge on any atom is -0.756 e. The van der Waals surface area contributed by atoms with Crippen molar-refractivity contribution in [2.24, 2.45) is 0 Å². The predicted molar refractivity (Wildman–Crippen MR) is 250 cm³/mol. The molecule has 9 nitrogen and oxygen atoms in total. The second kappa shape index (κ2) is 42.8. The number of nitrogens with zero attached hydrogens (tertiary/aromatic N) is 1. The quantitative estimate of drug-likeness (QED) is 0.0195. The molecule has 0 spiro atoms. The van der Waals surface area contributed by atoms with E-state index in [0.29, 0.717) is 23.9 Å². The molecule has 0 aliphatic carbocycles. The second-order valence-electron chi connectivity index (χ2n) is 18.2. The molecule has 0 amide bonds. The van der Waals surface area contributed by atoms with Crippen molar-refractivity contribution < 1.29 is 42.1 Å². The zero-order chi connectivity index (χ0) is 44.3. The lowest BCUT2D eigenvalue weighted by atomic mass is 10.0. The molecular formula is C50H96NO8P. The van der Waals surface area contributed by atoms with Crippen LogP contribution in [0.25, 0.3) is 0 Å². The Balaban J connectivity index is 4.26. The van der Waals surface area contributed by atoms with Gasteiger partial charge in [-0.25, -0.2) is 0 Å². The Morgan fingerprint density at radius 2 is 0.900 bits per heavy atom. The molecule has 0 N–H and O–H groups in total. The standard InChI is InChI=1S/C50H96NO8P/c1-6-8-10-12-14-16-18-20-22-23-24-25-26-27-29-31-33-35-37-39-41-43-50(53)59-48(47-58-60(54,55)57-45-44-51(3,4)5)46-56-49(52)42-40-38-36-34-32-30-28-21-19-17-15-13-11-9-7-2/h21,28,32,34,48H,6-20,22-27,29-31,33,35-47H2,1-5H3/b28-21+,34-32+/t48-/m1/s1. The molecule has 0 aromatic rings. The van der Waals surface area contributed by atoms with E-state index in [-0.39, 0.29) is 26.1 Å². The molecule has 0 aliphatic heterocycles. The van der Waals surface area contributed by atoms with Crippen molar-refractivity contribution in [2.75, 3.05) is 47.5 Å². The average Bonchev–Trinajstić information content (AvgIpc) is 3.20. The molecule has 0 saturated heterocycles. The fraction of sp³-hybridized carbons (Fsp3) is 0.880. The maximum atomic E-state index is 12.7. The first-order valence-corrected chi connectivity index (χ1v) is 26.5. The summed E-state index contributed by atoms with van der Waals surface area (Å²) in [7, 11) is 1.16. The highest BCUT2D eigenvalue weighted by Gasteiger charge is 2.21. The Morgan fingerprint density at radius 1 is 0.517 bits per heavy atom. The summed E-state index contributed by atoms with van der Waals surface area (Å²) < 4.78 is 34.0. The summed E-state index contributed by atoms with van der Waals surface area (Å²) in [5.41, 5.74) is 0. The lowest BCUT2D eigenvalue weighted by Gasteiger charge is -2.28. The van der Waals surface area contributed by atoms with Crippen LogP contribution < -0.4 is 4.89 Å². The van der Waals surface area contributed by atoms with Crippen LogP contribution in [0.4, 0.5) is 0 Å². The maximum absolute atomic E-state index is 12.7. The van der Waals surface area contributed by atoms with E-state index in [2.05, 4.69) is 38.2 Å². The lowest BCUT2D eigenvalue weighted by molar-refractivity contribution is -0.870. The van der Waals surface area contributed by atoms with E-state index in [9.17, 15) is 19.0 Å². The fourth-order valence-corrected chi connectivity index (χ4v) is 7.77. The van der Waals surface area contributed by atoms with E-state index in [0.717, 1.165) is 38.5 Å². The number of hydrogen-bond donors (Lipinski definition) is 0. The summed E-state index contributed by atoms with van der Waals surface area (Å²) >= 11 is 0. The molecule has 0 heterocycles. The third-order valence-corrected chi connectivity index (χ3v) is 11.9. The van der Waals surface area contributed by atoms with Crippen LogP contribution in [0.15, 0.2) is 24.3 Å². The average molecular weight is 870 g/mol. The number of allylic oxidation sites excluding steroid dienone is 4. The summed E-state index contributed by atoms with van der Waals surface area (Å²) in [6.45, 7) is 4.22. The minimum absolute atomic E-state index is 0.0334. The number of likely N-dealkylation sites (N-methyl/N-ethyl adjacent to an activating group) is 1. The van der Waals surface area contributed by atoms with Gasteiger partial charge in [-0.1, -0.05) is 199 Å². The molecule has 10 heteroatoms. The molecule has 0 bridgehead atoms. The number of quaternary nitrogens is 1. The van der Waals surface area contributed by atoms with Crippen molar-refractivity contribution in [1.29, 1.82) is 0 Å². The van der Waals surface area contributed by atoms with Crippen LogP contribution in [-0.4, -0.2) is 70.0 Å². The molecule has 2 atom stereocenters. The summed E-state index contributed by atoms with van der Waals surface area (Å²) in [5.74, 6) is -0.861. The van der Waals surface area contributed by atoms with Crippen LogP contribution >= 0.6 is 7.82 Å². The Hall–Kier alpha value is -1.51. The number of carbonyl (C=O) groups excluding carboxylic acids is 2. The molecular weight excluding hydrogens is 774 g/mol. The van der Waals surface area contributed by atoms with Crippen LogP contribution in [-0.2, 0) is 32.7 Å². The van der Waals surface area contributed by atoms with Crippen molar-refractivity contribution in [3.63, 3.8) is 0 Å². The molecule has 60 heavy (non-hydrogen) atoms. The van der Waals surface area contributed by atoms with Gasteiger partial charge in [0.05, 0.1) is 27.7 Å². The van der Waals surface area contributed by atoms with Crippen molar-refractivity contribution in [3.05, 3.63) is 24.3 Å². The first-order valence-electron chi connectivity index (χ1n) is 25.0. The van der Waals surface area contributed by atoms with Gasteiger partial charge >= 0.3 is 11.9 Å². The van der Waals surface area contributed by atoms with Gasteiger partial charge < -0.3 is 27.9 Å². The van der Waals surface area contributed by atoms with Crippen LogP contribution in [0.2, 0.25) is 0 Å². The summed E-state index contributed by atoms with van der Waals surface area (Å²) in [5, 5.41) is 0. The summed E-state index contributed by atoms with van der Waals surface area (Å²) in [4.78, 5) is 37.6. The molecule has 0 aromatic carbocycles. The smallest absolute Gasteiger partial charge is 0.306 e. The Morgan fingerprint density at radius 3 is 1.35 bits per heavy atom. The SMILES string of the molecule is CCCCCCCC/C=C/C/C=C/CCCCC(=O)OC[C@H](COP(=O)([O-])OCC[N+](C)(C)C)OC(=O)CCCCCCCCCCCCCCCCCCCCCCC. The van der Waals surface area contributed by atoms with Crippen LogP contribution in [0.1, 0.15) is 232 Å². The summed E-state index contributed by atoms with van der Waals surface area (Å²) in [6.07, 6.45) is 47.8. The molecule has 354 valence electrons. The number of rotatable bonds is 46. The van der Waals surface area contributed by atoms with Gasteiger partial charge in [0.2, 0.25) is 0 Å². The molecule has 0 rings (SSSR count). The van der Waals surface area contributed by atoms with Crippen molar-refractivity contribution >= 4 is 19.8 Å². The van der Waals surface area contributed by atoms with E-state index in [1.807, 2.05) is 21.1 Å². The zero-order valence-electron chi connectivity index (χ0n) is 39.9. The number of unbranched alkanes of at least 4 members (excludes halogenated alkanes) is 28. The highest BCUT2D eigenvalue weighted by atomic mass is 31.2. The van der Waals surface area contributed by atoms with Crippen LogP contribution in [0, 0.1) is 0 Å². The topological polar surface area (TPSA) is 111 Å². The lowest BCUT2D eigenvalue weighted by Crippen LogP contribution is -2.37. The normalized spacial score (nSPS) is 13.6. The van der Waals surface area contributed by atoms with Crippen molar-refractivity contribution in [1.82, 2.24) is 0 Å². The summed E-state index contributed by atoms with van der Waals surface area (Å²) in [6, 6.07) is 0. The monoisotopic (exact) mass is 870 g/mol. The highest BCUT2D eigenvalue weighted by molar-refractivity contribution is 7.45. The molecule has 0 radical (unpaired) electrons. The molecule has 0 aromatic heterocycles. The van der Waals surface area contributed by atoms with E-state index in [4.69, 9.17) is 18.5 Å². The molecule has 1 unspecified atom stereocenters. The van der Waals surface area contributed by atoms with Crippen LogP contribution in [0.3, 0.4) is 0 Å². The van der Waals surface area contributed by atoms with E-state index in [1.54, 1.807) is 0 Å². The van der Waals surface area contributed by atoms with Crippen molar-refractivity contribution in [2.45, 2.75) is 238 Å². The van der Waals surface area contributed by atoms with Gasteiger partial charge in [-0.15, -0.1) is 0 Å². The number of phosphoric acid groups is 1. The van der Waals surface area contributed by atoms with Gasteiger partial charge in [-0.2, -0.15) is 0 Å². The van der Waals surface area contributed by atoms with Crippen molar-refractivity contribution in [3.8, 4) is 0 Å². The highest BCUT2D eigenvalue weighted by Crippen LogP contribution is 2.38. The first kappa shape index (κ1) is 58.5.